The number of likely N-dealkylation sites (tertiary alicyclic amines) is 1. The summed E-state index contributed by atoms with van der Waals surface area (Å²) < 4.78 is 0. The second-order valence-electron chi connectivity index (χ2n) is 8.89. The number of nitrogens with one attached hydrogen (secondary N) is 1. The Morgan fingerprint density at radius 1 is 0.853 bits per heavy atom. The summed E-state index contributed by atoms with van der Waals surface area (Å²) in [5.74, 6) is 0. The number of halogens is 2. The van der Waals surface area contributed by atoms with Crippen LogP contribution in [-0.4, -0.2) is 29.0 Å². The number of nitrogens with zero attached hydrogens (tertiary/aromatic N) is 2. The number of aryl methyl sites for hydroxylation is 1. The standard InChI is InChI=1S/C28H27Cl2N3S/c1-19-2-4-20(5-3-19)18-33-16-14-25(15-17-33)31-28-32-26(21-6-10-23(29)11-7-21)27(34-28)22-8-12-24(30)13-9-22/h2-13,25H,14-18H2,1H3,(H,31,32). The van der Waals surface area contributed by atoms with E-state index in [1.54, 1.807) is 11.3 Å². The van der Waals surface area contributed by atoms with E-state index < -0.39 is 0 Å². The lowest BCUT2D eigenvalue weighted by Crippen LogP contribution is -2.38. The molecule has 1 saturated heterocycles. The van der Waals surface area contributed by atoms with E-state index in [-0.39, 0.29) is 0 Å². The van der Waals surface area contributed by atoms with Crippen molar-refractivity contribution in [3.05, 3.63) is 94.0 Å². The molecule has 0 amide bonds. The van der Waals surface area contributed by atoms with E-state index in [1.807, 2.05) is 36.4 Å². The molecular formula is C28H27Cl2N3S. The number of hydrogen-bond donors (Lipinski definition) is 1. The van der Waals surface area contributed by atoms with E-state index in [1.165, 1.54) is 11.1 Å². The lowest BCUT2D eigenvalue weighted by atomic mass is 10.0. The minimum absolute atomic E-state index is 0.427. The van der Waals surface area contributed by atoms with Crippen molar-refractivity contribution >= 4 is 39.7 Å². The second-order valence-corrected chi connectivity index (χ2v) is 10.8. The van der Waals surface area contributed by atoms with Crippen LogP contribution in [0.25, 0.3) is 21.7 Å². The number of rotatable bonds is 6. The van der Waals surface area contributed by atoms with Gasteiger partial charge in [-0.1, -0.05) is 88.6 Å². The summed E-state index contributed by atoms with van der Waals surface area (Å²) in [7, 11) is 0. The summed E-state index contributed by atoms with van der Waals surface area (Å²) in [5, 5.41) is 6.15. The van der Waals surface area contributed by atoms with Gasteiger partial charge >= 0.3 is 0 Å². The monoisotopic (exact) mass is 507 g/mol. The van der Waals surface area contributed by atoms with Gasteiger partial charge < -0.3 is 5.32 Å². The van der Waals surface area contributed by atoms with Crippen molar-refractivity contribution in [2.24, 2.45) is 0 Å². The molecule has 34 heavy (non-hydrogen) atoms. The molecule has 1 N–H and O–H groups in total. The summed E-state index contributed by atoms with van der Waals surface area (Å²) in [6, 6.07) is 25.2. The van der Waals surface area contributed by atoms with E-state index in [2.05, 4.69) is 53.5 Å². The van der Waals surface area contributed by atoms with Crippen molar-refractivity contribution in [3.63, 3.8) is 0 Å². The number of thiazole rings is 1. The van der Waals surface area contributed by atoms with Gasteiger partial charge in [0, 0.05) is 41.3 Å². The first kappa shape index (κ1) is 23.4. The van der Waals surface area contributed by atoms with Gasteiger partial charge in [0.15, 0.2) is 5.13 Å². The van der Waals surface area contributed by atoms with Gasteiger partial charge in [-0.05, 0) is 55.2 Å². The Balaban J connectivity index is 1.30. The maximum Gasteiger partial charge on any atom is 0.184 e. The normalized spacial score (nSPS) is 14.9. The first-order valence-corrected chi connectivity index (χ1v) is 13.2. The summed E-state index contributed by atoms with van der Waals surface area (Å²) in [6.07, 6.45) is 2.22. The predicted octanol–water partition coefficient (Wildman–Crippen LogP) is 8.17. The van der Waals surface area contributed by atoms with Crippen LogP contribution in [0.3, 0.4) is 0 Å². The van der Waals surface area contributed by atoms with Gasteiger partial charge in [0.25, 0.3) is 0 Å². The molecule has 1 fully saturated rings. The molecule has 6 heteroatoms. The molecule has 0 aliphatic carbocycles. The van der Waals surface area contributed by atoms with Crippen molar-refractivity contribution in [1.29, 1.82) is 0 Å². The Morgan fingerprint density at radius 2 is 1.44 bits per heavy atom. The summed E-state index contributed by atoms with van der Waals surface area (Å²) in [6.45, 7) is 5.33. The third kappa shape index (κ3) is 5.64. The second kappa shape index (κ2) is 10.5. The highest BCUT2D eigenvalue weighted by molar-refractivity contribution is 7.19. The van der Waals surface area contributed by atoms with Crippen molar-refractivity contribution in [2.75, 3.05) is 18.4 Å². The molecule has 0 bridgehead atoms. The third-order valence-corrected chi connectivity index (χ3v) is 7.83. The van der Waals surface area contributed by atoms with E-state index in [0.29, 0.717) is 6.04 Å². The molecule has 2 heterocycles. The molecule has 0 spiro atoms. The highest BCUT2D eigenvalue weighted by Crippen LogP contribution is 2.40. The summed E-state index contributed by atoms with van der Waals surface area (Å²) >= 11 is 14.0. The van der Waals surface area contributed by atoms with Crippen LogP contribution in [0.2, 0.25) is 10.0 Å². The lowest BCUT2D eigenvalue weighted by Gasteiger charge is -2.32. The Morgan fingerprint density at radius 3 is 2.06 bits per heavy atom. The Hall–Kier alpha value is -2.37. The topological polar surface area (TPSA) is 28.2 Å². The molecule has 3 nitrogen and oxygen atoms in total. The molecule has 3 aromatic carbocycles. The highest BCUT2D eigenvalue weighted by atomic mass is 35.5. The van der Waals surface area contributed by atoms with Crippen LogP contribution >= 0.6 is 34.5 Å². The number of anilines is 1. The molecule has 5 rings (SSSR count). The zero-order valence-corrected chi connectivity index (χ0v) is 21.4. The molecule has 1 aliphatic heterocycles. The highest BCUT2D eigenvalue weighted by Gasteiger charge is 2.22. The Bertz CT molecular complexity index is 1160. The maximum absolute atomic E-state index is 6.13. The van der Waals surface area contributed by atoms with Crippen LogP contribution < -0.4 is 5.32 Å². The zero-order valence-electron chi connectivity index (χ0n) is 19.1. The Kier molecular flexibility index (Phi) is 7.21. The quantitative estimate of drug-likeness (QED) is 0.285. The van der Waals surface area contributed by atoms with E-state index in [0.717, 1.165) is 69.4 Å². The average molecular weight is 509 g/mol. The van der Waals surface area contributed by atoms with Gasteiger partial charge in [-0.25, -0.2) is 4.98 Å². The van der Waals surface area contributed by atoms with E-state index >= 15 is 0 Å². The van der Waals surface area contributed by atoms with Gasteiger partial charge in [-0.3, -0.25) is 4.90 Å². The third-order valence-electron chi connectivity index (χ3n) is 6.29. The van der Waals surface area contributed by atoms with Gasteiger partial charge in [0.1, 0.15) is 0 Å². The predicted molar refractivity (Wildman–Crippen MR) is 146 cm³/mol. The molecule has 174 valence electrons. The average Bonchev–Trinajstić information content (AvgIpc) is 3.26. The molecule has 0 atom stereocenters. The van der Waals surface area contributed by atoms with Crippen LogP contribution in [0.5, 0.6) is 0 Å². The number of benzene rings is 3. The summed E-state index contributed by atoms with van der Waals surface area (Å²) in [4.78, 5) is 8.70. The van der Waals surface area contributed by atoms with Gasteiger partial charge in [0.05, 0.1) is 10.6 Å². The minimum Gasteiger partial charge on any atom is -0.359 e. The lowest BCUT2D eigenvalue weighted by molar-refractivity contribution is 0.211. The maximum atomic E-state index is 6.13. The number of hydrogen-bond acceptors (Lipinski definition) is 4. The molecule has 0 radical (unpaired) electrons. The summed E-state index contributed by atoms with van der Waals surface area (Å²) in [5.41, 5.74) is 5.85. The fourth-order valence-corrected chi connectivity index (χ4v) is 5.67. The van der Waals surface area contributed by atoms with Crippen molar-refractivity contribution in [1.82, 2.24) is 9.88 Å². The zero-order chi connectivity index (χ0) is 23.5. The first-order valence-electron chi connectivity index (χ1n) is 11.6. The first-order chi connectivity index (χ1) is 16.5. The molecule has 4 aromatic rings. The molecule has 1 aromatic heterocycles. The molecular weight excluding hydrogens is 481 g/mol. The largest absolute Gasteiger partial charge is 0.359 e. The fraction of sp³-hybridized carbons (Fsp3) is 0.250. The smallest absolute Gasteiger partial charge is 0.184 e. The van der Waals surface area contributed by atoms with Crippen LogP contribution in [-0.2, 0) is 6.54 Å². The van der Waals surface area contributed by atoms with Gasteiger partial charge in [-0.2, -0.15) is 0 Å². The van der Waals surface area contributed by atoms with E-state index in [4.69, 9.17) is 28.2 Å². The number of piperidine rings is 1. The van der Waals surface area contributed by atoms with Gasteiger partial charge in [0.2, 0.25) is 0 Å². The number of aromatic nitrogens is 1. The van der Waals surface area contributed by atoms with Crippen molar-refractivity contribution < 1.29 is 0 Å². The van der Waals surface area contributed by atoms with Crippen LogP contribution in [0.15, 0.2) is 72.8 Å². The van der Waals surface area contributed by atoms with Crippen LogP contribution in [0, 0.1) is 6.92 Å². The Labute approximate surface area is 215 Å². The van der Waals surface area contributed by atoms with E-state index in [9.17, 15) is 0 Å². The molecule has 0 saturated carbocycles. The fourth-order valence-electron chi connectivity index (χ4n) is 4.34. The van der Waals surface area contributed by atoms with Gasteiger partial charge in [-0.15, -0.1) is 0 Å². The van der Waals surface area contributed by atoms with Crippen LogP contribution in [0.1, 0.15) is 24.0 Å². The molecule has 1 aliphatic rings. The minimum atomic E-state index is 0.427. The van der Waals surface area contributed by atoms with Crippen LogP contribution in [0.4, 0.5) is 5.13 Å². The van der Waals surface area contributed by atoms with Crippen molar-refractivity contribution in [3.8, 4) is 21.7 Å². The van der Waals surface area contributed by atoms with Crippen molar-refractivity contribution in [2.45, 2.75) is 32.4 Å². The molecule has 0 unspecified atom stereocenters. The SMILES string of the molecule is Cc1ccc(CN2CCC(Nc3nc(-c4ccc(Cl)cc4)c(-c4ccc(Cl)cc4)s3)CC2)cc1.